The minimum Gasteiger partial charge on any atom is -0.491 e. The number of amides is 1. The van der Waals surface area contributed by atoms with Crippen LogP contribution in [-0.2, 0) is 4.79 Å². The number of carbonyl (C=O) groups is 1. The maximum Gasteiger partial charge on any atom is 0.242 e. The van der Waals surface area contributed by atoms with Crippen LogP contribution in [0.2, 0.25) is 0 Å². The lowest BCUT2D eigenvalue weighted by atomic mass is 10.0. The fourth-order valence-electron chi connectivity index (χ4n) is 3.51. The van der Waals surface area contributed by atoms with Crippen LogP contribution in [-0.4, -0.2) is 46.0 Å². The first kappa shape index (κ1) is 21.8. The molecule has 2 aromatic rings. The van der Waals surface area contributed by atoms with Gasteiger partial charge in [0, 0.05) is 24.2 Å². The zero-order valence-electron chi connectivity index (χ0n) is 18.4. The van der Waals surface area contributed by atoms with E-state index in [0.29, 0.717) is 5.82 Å². The Hall–Kier alpha value is -2.87. The molecule has 0 spiro atoms. The van der Waals surface area contributed by atoms with Gasteiger partial charge in [0.1, 0.15) is 17.9 Å². The zero-order valence-corrected chi connectivity index (χ0v) is 18.4. The van der Waals surface area contributed by atoms with Crippen LogP contribution < -0.4 is 20.9 Å². The van der Waals surface area contributed by atoms with Crippen molar-refractivity contribution in [3.8, 4) is 5.75 Å². The van der Waals surface area contributed by atoms with Crippen LogP contribution in [0.3, 0.4) is 0 Å². The van der Waals surface area contributed by atoms with Gasteiger partial charge >= 0.3 is 0 Å². The maximum absolute atomic E-state index is 12.6. The van der Waals surface area contributed by atoms with E-state index in [9.17, 15) is 4.79 Å². The van der Waals surface area contributed by atoms with Crippen LogP contribution >= 0.6 is 0 Å². The molecule has 3 N–H and O–H groups in total. The molecule has 8 heteroatoms. The lowest BCUT2D eigenvalue weighted by Crippen LogP contribution is -2.41. The fourth-order valence-corrected chi connectivity index (χ4v) is 3.51. The molecule has 30 heavy (non-hydrogen) atoms. The number of rotatable bonds is 9. The molecule has 1 aromatic carbocycles. The van der Waals surface area contributed by atoms with Crippen LogP contribution in [0.4, 0.5) is 11.5 Å². The summed E-state index contributed by atoms with van der Waals surface area (Å²) in [5.41, 5.74) is 9.31. The summed E-state index contributed by atoms with van der Waals surface area (Å²) in [6, 6.07) is 7.88. The molecule has 1 unspecified atom stereocenters. The number of aromatic nitrogens is 2. The van der Waals surface area contributed by atoms with E-state index in [1.807, 2.05) is 56.9 Å². The molecule has 0 bridgehead atoms. The van der Waals surface area contributed by atoms with E-state index in [-0.39, 0.29) is 30.6 Å². The number of nitrogens with one attached hydrogen (secondary N) is 3. The highest BCUT2D eigenvalue weighted by Crippen LogP contribution is 2.35. The molecule has 2 heterocycles. The van der Waals surface area contributed by atoms with E-state index in [0.717, 1.165) is 35.7 Å². The van der Waals surface area contributed by atoms with Crippen molar-refractivity contribution in [1.29, 1.82) is 0 Å². The van der Waals surface area contributed by atoms with Crippen LogP contribution in [0.25, 0.3) is 0 Å². The van der Waals surface area contributed by atoms with Crippen molar-refractivity contribution in [1.82, 2.24) is 20.3 Å². The Labute approximate surface area is 178 Å². The molecule has 3 rings (SSSR count). The number of hydrazine groups is 1. The summed E-state index contributed by atoms with van der Waals surface area (Å²) >= 11 is 0. The zero-order chi connectivity index (χ0) is 21.7. The summed E-state index contributed by atoms with van der Waals surface area (Å²) in [6.07, 6.45) is 2.56. The summed E-state index contributed by atoms with van der Waals surface area (Å²) in [5.74, 6) is 1.51. The smallest absolute Gasteiger partial charge is 0.242 e. The van der Waals surface area contributed by atoms with Gasteiger partial charge in [0.15, 0.2) is 0 Å². The van der Waals surface area contributed by atoms with Gasteiger partial charge < -0.3 is 20.4 Å². The Morgan fingerprint density at radius 2 is 2.03 bits per heavy atom. The fraction of sp³-hybridized carbons (Fsp3) is 0.500. The predicted octanol–water partition coefficient (Wildman–Crippen LogP) is 3.34. The van der Waals surface area contributed by atoms with Crippen LogP contribution in [0.15, 0.2) is 30.6 Å². The number of fused-ring (bicyclic) bond motifs is 1. The average Bonchev–Trinajstić information content (AvgIpc) is 3.13. The van der Waals surface area contributed by atoms with Crippen molar-refractivity contribution in [2.45, 2.75) is 59.2 Å². The molecule has 0 saturated heterocycles. The third kappa shape index (κ3) is 5.18. The molecule has 8 nitrogen and oxygen atoms in total. The Kier molecular flexibility index (Phi) is 7.10. The molecule has 0 fully saturated rings. The number of carbonyl (C=O) groups excluding carboxylic acids is 1. The Balaban J connectivity index is 1.72. The third-order valence-electron chi connectivity index (χ3n) is 4.87. The second kappa shape index (κ2) is 9.75. The highest BCUT2D eigenvalue weighted by Gasteiger charge is 2.26. The Bertz CT molecular complexity index is 870. The van der Waals surface area contributed by atoms with Crippen molar-refractivity contribution >= 4 is 17.4 Å². The second-order valence-corrected chi connectivity index (χ2v) is 7.98. The largest absolute Gasteiger partial charge is 0.491 e. The summed E-state index contributed by atoms with van der Waals surface area (Å²) < 4.78 is 5.83. The van der Waals surface area contributed by atoms with Gasteiger partial charge in [-0.25, -0.2) is 15.4 Å². The number of benzene rings is 1. The van der Waals surface area contributed by atoms with E-state index < -0.39 is 0 Å². The van der Waals surface area contributed by atoms with Gasteiger partial charge in [-0.05, 0) is 52.3 Å². The number of hydrogen-bond donors (Lipinski definition) is 3. The Morgan fingerprint density at radius 1 is 1.23 bits per heavy atom. The lowest BCUT2D eigenvalue weighted by Gasteiger charge is -2.26. The molecule has 0 saturated carbocycles. The number of nitrogens with zero attached hydrogens (tertiary/aromatic N) is 3. The quantitative estimate of drug-likeness (QED) is 0.582. The van der Waals surface area contributed by atoms with Gasteiger partial charge in [0.05, 0.1) is 30.1 Å². The predicted molar refractivity (Wildman–Crippen MR) is 118 cm³/mol. The summed E-state index contributed by atoms with van der Waals surface area (Å²) in [7, 11) is 0. The van der Waals surface area contributed by atoms with E-state index in [4.69, 9.17) is 4.74 Å². The SMILES string of the molecule is CCCN(C(=O)CNc1cc(C2NNc3ccc(OC(C)C)cc32)ncn1)C(C)C. The van der Waals surface area contributed by atoms with Crippen LogP contribution in [0, 0.1) is 0 Å². The standard InChI is InChI=1S/C22H32N6O2/c1-6-9-28(14(2)3)21(29)12-23-20-11-19(24-13-25-20)22-17-10-16(30-15(4)5)7-8-18(17)26-27-22/h7-8,10-11,13-15,22,26-27H,6,9,12H2,1-5H3,(H,23,24,25). The highest BCUT2D eigenvalue weighted by molar-refractivity contribution is 5.80. The van der Waals surface area contributed by atoms with E-state index in [1.54, 1.807) is 0 Å². The van der Waals surface area contributed by atoms with Crippen molar-refractivity contribution < 1.29 is 9.53 Å². The Morgan fingerprint density at radius 3 is 2.73 bits per heavy atom. The van der Waals surface area contributed by atoms with Gasteiger partial charge in [0.2, 0.25) is 5.91 Å². The van der Waals surface area contributed by atoms with Crippen molar-refractivity contribution in [2.24, 2.45) is 0 Å². The van der Waals surface area contributed by atoms with E-state index in [1.165, 1.54) is 6.33 Å². The van der Waals surface area contributed by atoms with Gasteiger partial charge in [-0.2, -0.15) is 0 Å². The molecular weight excluding hydrogens is 380 g/mol. The maximum atomic E-state index is 12.6. The molecule has 0 radical (unpaired) electrons. The molecular formula is C22H32N6O2. The van der Waals surface area contributed by atoms with Gasteiger partial charge in [-0.15, -0.1) is 0 Å². The van der Waals surface area contributed by atoms with E-state index >= 15 is 0 Å². The van der Waals surface area contributed by atoms with Crippen molar-refractivity contribution in [3.05, 3.63) is 41.9 Å². The molecule has 1 aromatic heterocycles. The normalized spacial score (nSPS) is 15.1. The third-order valence-corrected chi connectivity index (χ3v) is 4.87. The van der Waals surface area contributed by atoms with Crippen molar-refractivity contribution in [3.63, 3.8) is 0 Å². The summed E-state index contributed by atoms with van der Waals surface area (Å²) in [6.45, 7) is 11.1. The molecule has 1 amide bonds. The first-order valence-corrected chi connectivity index (χ1v) is 10.6. The number of ether oxygens (including phenoxy) is 1. The molecule has 1 atom stereocenters. The van der Waals surface area contributed by atoms with E-state index in [2.05, 4.69) is 33.1 Å². The minimum atomic E-state index is -0.137. The van der Waals surface area contributed by atoms with Crippen LogP contribution in [0.5, 0.6) is 5.75 Å². The molecule has 162 valence electrons. The van der Waals surface area contributed by atoms with Crippen LogP contribution in [0.1, 0.15) is 58.3 Å². The lowest BCUT2D eigenvalue weighted by molar-refractivity contribution is -0.131. The minimum absolute atomic E-state index is 0.0634. The van der Waals surface area contributed by atoms with Crippen molar-refractivity contribution in [2.75, 3.05) is 23.8 Å². The monoisotopic (exact) mass is 412 g/mol. The second-order valence-electron chi connectivity index (χ2n) is 7.98. The first-order valence-electron chi connectivity index (χ1n) is 10.6. The van der Waals surface area contributed by atoms with Gasteiger partial charge in [-0.3, -0.25) is 4.79 Å². The molecule has 1 aliphatic heterocycles. The first-order chi connectivity index (χ1) is 14.4. The number of anilines is 2. The topological polar surface area (TPSA) is 91.4 Å². The number of hydrogen-bond acceptors (Lipinski definition) is 7. The van der Waals surface area contributed by atoms with Gasteiger partial charge in [0.25, 0.3) is 0 Å². The highest BCUT2D eigenvalue weighted by atomic mass is 16.5. The molecule has 0 aliphatic carbocycles. The van der Waals surface area contributed by atoms with Gasteiger partial charge in [-0.1, -0.05) is 6.92 Å². The average molecular weight is 413 g/mol. The molecule has 1 aliphatic rings. The summed E-state index contributed by atoms with van der Waals surface area (Å²) in [4.78, 5) is 23.2. The summed E-state index contributed by atoms with van der Waals surface area (Å²) in [5, 5.41) is 3.15.